The monoisotopic (exact) mass is 562 g/mol. The minimum absolute atomic E-state index is 0.0716. The summed E-state index contributed by atoms with van der Waals surface area (Å²) >= 11 is 0. The van der Waals surface area contributed by atoms with Crippen LogP contribution in [0, 0.1) is 0 Å². The van der Waals surface area contributed by atoms with Crippen molar-refractivity contribution in [2.45, 2.75) is 58.3 Å². The molecule has 0 bridgehead atoms. The van der Waals surface area contributed by atoms with E-state index < -0.39 is 0 Å². The second kappa shape index (κ2) is 10.7. The van der Waals surface area contributed by atoms with Crippen LogP contribution in [-0.4, -0.2) is 39.9 Å². The number of hydrogen-bond acceptors (Lipinski definition) is 8. The normalized spacial score (nSPS) is 13.3. The molecule has 6 heterocycles. The van der Waals surface area contributed by atoms with Crippen LogP contribution >= 0.6 is 0 Å². The summed E-state index contributed by atoms with van der Waals surface area (Å²) in [5.41, 5.74) is 3.96. The minimum atomic E-state index is -0.278. The molecule has 0 aliphatic rings. The Hall–Kier alpha value is -5.06. The summed E-state index contributed by atoms with van der Waals surface area (Å²) in [6.45, 7) is 8.03. The van der Waals surface area contributed by atoms with E-state index in [-0.39, 0.29) is 34.2 Å². The molecule has 0 saturated heterocycles. The molecule has 11 nitrogen and oxygen atoms in total. The van der Waals surface area contributed by atoms with Gasteiger partial charge in [-0.2, -0.15) is 0 Å². The molecule has 42 heavy (non-hydrogen) atoms. The maximum atomic E-state index is 13.3. The van der Waals surface area contributed by atoms with Gasteiger partial charge in [0.2, 0.25) is 5.43 Å². The highest BCUT2D eigenvalue weighted by Crippen LogP contribution is 2.27. The number of aromatic nitrogens is 8. The van der Waals surface area contributed by atoms with Crippen LogP contribution in [0.25, 0.3) is 33.1 Å². The average Bonchev–Trinajstić information content (AvgIpc) is 2.98. The van der Waals surface area contributed by atoms with Gasteiger partial charge in [0, 0.05) is 71.4 Å². The summed E-state index contributed by atoms with van der Waals surface area (Å²) in [6.07, 6.45) is 9.07. The molecule has 0 spiro atoms. The molecule has 3 N–H and O–H groups in total. The molecule has 2 atom stereocenters. The number of aromatic amines is 3. The van der Waals surface area contributed by atoms with Gasteiger partial charge >= 0.3 is 0 Å². The molecule has 0 aromatic carbocycles. The lowest BCUT2D eigenvalue weighted by molar-refractivity contribution is 0.711. The van der Waals surface area contributed by atoms with Gasteiger partial charge in [0.25, 0.3) is 5.56 Å². The van der Waals surface area contributed by atoms with E-state index in [9.17, 15) is 14.4 Å². The predicted octanol–water partition coefficient (Wildman–Crippen LogP) is 4.00. The lowest BCUT2D eigenvalue weighted by Crippen LogP contribution is -2.16. The number of nitrogens with zero attached hydrogens (tertiary/aromatic N) is 5. The molecule has 6 aromatic heterocycles. The lowest BCUT2D eigenvalue weighted by atomic mass is 9.92. The van der Waals surface area contributed by atoms with Crippen molar-refractivity contribution < 1.29 is 0 Å². The number of nitrogens with one attached hydrogen (secondary N) is 3. The molecule has 212 valence electrons. The fraction of sp³-hybridized carbons (Fsp3) is 0.290. The summed E-state index contributed by atoms with van der Waals surface area (Å²) in [4.78, 5) is 69.7. The topological polar surface area (TPSA) is 163 Å². The van der Waals surface area contributed by atoms with Crippen LogP contribution in [0.3, 0.4) is 0 Å². The van der Waals surface area contributed by atoms with Crippen LogP contribution in [0.2, 0.25) is 0 Å². The third-order valence-corrected chi connectivity index (χ3v) is 7.63. The van der Waals surface area contributed by atoms with Crippen molar-refractivity contribution in [2.75, 3.05) is 0 Å². The minimum Gasteiger partial charge on any atom is -0.346 e. The van der Waals surface area contributed by atoms with E-state index in [1.54, 1.807) is 31.0 Å². The average molecular weight is 563 g/mol. The summed E-state index contributed by atoms with van der Waals surface area (Å²) in [6, 6.07) is 5.28. The fourth-order valence-electron chi connectivity index (χ4n) is 5.24. The number of hydrogen-bond donors (Lipinski definition) is 3. The third-order valence-electron chi connectivity index (χ3n) is 7.63. The van der Waals surface area contributed by atoms with E-state index in [1.807, 2.05) is 39.8 Å². The van der Waals surface area contributed by atoms with E-state index in [1.165, 1.54) is 6.07 Å². The van der Waals surface area contributed by atoms with E-state index in [2.05, 4.69) is 34.9 Å². The second-order valence-corrected chi connectivity index (χ2v) is 11.1. The van der Waals surface area contributed by atoms with Crippen LogP contribution in [-0.2, 0) is 12.8 Å². The molecule has 0 amide bonds. The van der Waals surface area contributed by atoms with Crippen molar-refractivity contribution in [1.82, 2.24) is 39.9 Å². The summed E-state index contributed by atoms with van der Waals surface area (Å²) < 4.78 is 0. The Morgan fingerprint density at radius 2 is 1.48 bits per heavy atom. The maximum Gasteiger partial charge on any atom is 0.274 e. The Kier molecular flexibility index (Phi) is 6.93. The van der Waals surface area contributed by atoms with Gasteiger partial charge in [-0.1, -0.05) is 27.7 Å². The van der Waals surface area contributed by atoms with Crippen molar-refractivity contribution in [3.8, 4) is 0 Å². The Balaban J connectivity index is 1.35. The van der Waals surface area contributed by atoms with E-state index in [0.717, 1.165) is 16.6 Å². The van der Waals surface area contributed by atoms with Crippen LogP contribution in [0.1, 0.15) is 73.8 Å². The van der Waals surface area contributed by atoms with Gasteiger partial charge in [0.15, 0.2) is 16.6 Å². The molecule has 0 fully saturated rings. The Morgan fingerprint density at radius 1 is 0.714 bits per heavy atom. The number of H-pyrrole nitrogens is 3. The van der Waals surface area contributed by atoms with Gasteiger partial charge in [-0.05, 0) is 30.5 Å². The lowest BCUT2D eigenvalue weighted by Gasteiger charge is -2.17. The first-order chi connectivity index (χ1) is 20.2. The van der Waals surface area contributed by atoms with Crippen LogP contribution in [0.4, 0.5) is 0 Å². The van der Waals surface area contributed by atoms with Gasteiger partial charge in [0.1, 0.15) is 17.0 Å². The first kappa shape index (κ1) is 27.1. The fourth-order valence-corrected chi connectivity index (χ4v) is 5.24. The first-order valence-corrected chi connectivity index (χ1v) is 13.9. The van der Waals surface area contributed by atoms with Crippen molar-refractivity contribution in [3.05, 3.63) is 108 Å². The standard InChI is InChI=1S/C31H30N8O3/c1-15(2)28-36-13-21-27(41)19(12-35-29(21)39-28)10-16(3)22-11-18(20-5-7-33-31(42)25(20)37-22)9-17(4)23-14-34-26-24(40)6-8-32-30(26)38-23/h5-8,11-17H,9-10H2,1-4H3,(H,33,42)(H,32,38,40)(H,35,36,39,41). The quantitative estimate of drug-likeness (QED) is 0.263. The van der Waals surface area contributed by atoms with E-state index in [4.69, 9.17) is 4.98 Å². The number of pyridine rings is 4. The molecule has 11 heteroatoms. The van der Waals surface area contributed by atoms with Crippen LogP contribution < -0.4 is 16.4 Å². The highest BCUT2D eigenvalue weighted by molar-refractivity contribution is 5.81. The molecule has 6 aromatic rings. The van der Waals surface area contributed by atoms with Crippen molar-refractivity contribution in [2.24, 2.45) is 0 Å². The van der Waals surface area contributed by atoms with Gasteiger partial charge in [-0.3, -0.25) is 14.4 Å². The highest BCUT2D eigenvalue weighted by atomic mass is 16.1. The van der Waals surface area contributed by atoms with Gasteiger partial charge in [0.05, 0.1) is 11.1 Å². The largest absolute Gasteiger partial charge is 0.346 e. The molecular formula is C31H30N8O3. The van der Waals surface area contributed by atoms with E-state index >= 15 is 0 Å². The smallest absolute Gasteiger partial charge is 0.274 e. The second-order valence-electron chi connectivity index (χ2n) is 11.1. The molecular weight excluding hydrogens is 532 g/mol. The zero-order chi connectivity index (χ0) is 29.5. The SMILES string of the molecule is CC(C)c1ncc2c(=O)c(CC(C)c3cc(CC(C)c4cnc5c(=O)cc[nH]c5n4)c4cc[nH]c(=O)c4n3)c[nH]c2n1. The molecule has 0 saturated carbocycles. The Bertz CT molecular complexity index is 2150. The van der Waals surface area contributed by atoms with Crippen molar-refractivity contribution >= 4 is 33.1 Å². The Labute approximate surface area is 239 Å². The van der Waals surface area contributed by atoms with Crippen LogP contribution in [0.15, 0.2) is 63.6 Å². The number of fused-ring (bicyclic) bond motifs is 3. The van der Waals surface area contributed by atoms with Gasteiger partial charge < -0.3 is 15.0 Å². The molecule has 6 rings (SSSR count). The van der Waals surface area contributed by atoms with Gasteiger partial charge in [-0.15, -0.1) is 0 Å². The Morgan fingerprint density at radius 3 is 2.29 bits per heavy atom. The summed E-state index contributed by atoms with van der Waals surface area (Å²) in [7, 11) is 0. The van der Waals surface area contributed by atoms with E-state index in [0.29, 0.717) is 57.6 Å². The molecule has 2 unspecified atom stereocenters. The van der Waals surface area contributed by atoms with Crippen LogP contribution in [0.5, 0.6) is 0 Å². The third kappa shape index (κ3) is 4.98. The molecule has 0 aliphatic carbocycles. The first-order valence-electron chi connectivity index (χ1n) is 13.9. The summed E-state index contributed by atoms with van der Waals surface area (Å²) in [5, 5.41) is 1.20. The maximum absolute atomic E-state index is 13.3. The zero-order valence-corrected chi connectivity index (χ0v) is 23.7. The predicted molar refractivity (Wildman–Crippen MR) is 161 cm³/mol. The number of rotatable bonds is 7. The van der Waals surface area contributed by atoms with Gasteiger partial charge in [-0.25, -0.2) is 24.9 Å². The van der Waals surface area contributed by atoms with Crippen molar-refractivity contribution in [1.29, 1.82) is 0 Å². The molecule has 0 aliphatic heterocycles. The zero-order valence-electron chi connectivity index (χ0n) is 23.7. The highest BCUT2D eigenvalue weighted by Gasteiger charge is 2.19. The summed E-state index contributed by atoms with van der Waals surface area (Å²) in [5.74, 6) is 0.587. The van der Waals surface area contributed by atoms with Crippen molar-refractivity contribution in [3.63, 3.8) is 0 Å². The molecule has 0 radical (unpaired) electrons.